The van der Waals surface area contributed by atoms with Crippen LogP contribution in [0.5, 0.6) is 0 Å². The average molecular weight is 244 g/mol. The zero-order valence-corrected chi connectivity index (χ0v) is 10.5. The lowest BCUT2D eigenvalue weighted by Crippen LogP contribution is -2.33. The highest BCUT2D eigenvalue weighted by molar-refractivity contribution is 6.35. The summed E-state index contributed by atoms with van der Waals surface area (Å²) in [5, 5.41) is 5.04. The van der Waals surface area contributed by atoms with E-state index in [2.05, 4.69) is 19.2 Å². The number of fused-ring (bicyclic) bond motifs is 1. The standard InChI is InChI=1S/C12H15Cl2N/c1-7(2)12-11-8(3-4-15-12)5-9(13)6-10(11)14/h5-7,12,15H,3-4H2,1-2H3. The molecule has 0 aromatic heterocycles. The Kier molecular flexibility index (Phi) is 3.24. The van der Waals surface area contributed by atoms with Crippen LogP contribution in [0.1, 0.15) is 31.0 Å². The Labute approximate surface area is 101 Å². The van der Waals surface area contributed by atoms with Crippen molar-refractivity contribution in [1.29, 1.82) is 0 Å². The van der Waals surface area contributed by atoms with Crippen molar-refractivity contribution >= 4 is 23.2 Å². The van der Waals surface area contributed by atoms with Gasteiger partial charge in [0.2, 0.25) is 0 Å². The lowest BCUT2D eigenvalue weighted by atomic mass is 9.88. The molecule has 1 aromatic carbocycles. The first-order valence-corrected chi connectivity index (χ1v) is 6.06. The molecular formula is C12H15Cl2N. The van der Waals surface area contributed by atoms with Crippen LogP contribution in [0.3, 0.4) is 0 Å². The van der Waals surface area contributed by atoms with Crippen LogP contribution < -0.4 is 5.32 Å². The zero-order valence-electron chi connectivity index (χ0n) is 8.98. The Bertz CT molecular complexity index is 374. The van der Waals surface area contributed by atoms with E-state index in [1.807, 2.05) is 12.1 Å². The molecular weight excluding hydrogens is 229 g/mol. The SMILES string of the molecule is CC(C)C1NCCc2cc(Cl)cc(Cl)c21. The summed E-state index contributed by atoms with van der Waals surface area (Å²) in [6.07, 6.45) is 1.01. The Morgan fingerprint density at radius 2 is 2.07 bits per heavy atom. The molecule has 1 nitrogen and oxygen atoms in total. The van der Waals surface area contributed by atoms with Gasteiger partial charge in [0.25, 0.3) is 0 Å². The number of nitrogens with one attached hydrogen (secondary N) is 1. The van der Waals surface area contributed by atoms with Gasteiger partial charge in [-0.2, -0.15) is 0 Å². The second-order valence-corrected chi connectivity index (χ2v) is 5.23. The highest BCUT2D eigenvalue weighted by Crippen LogP contribution is 2.36. The summed E-state index contributed by atoms with van der Waals surface area (Å²) in [6.45, 7) is 5.42. The van der Waals surface area contributed by atoms with Crippen LogP contribution in [-0.2, 0) is 6.42 Å². The summed E-state index contributed by atoms with van der Waals surface area (Å²) in [6, 6.07) is 4.24. The molecule has 1 aromatic rings. The van der Waals surface area contributed by atoms with Gasteiger partial charge in [0.1, 0.15) is 0 Å². The third-order valence-electron chi connectivity index (χ3n) is 2.92. The van der Waals surface area contributed by atoms with Gasteiger partial charge >= 0.3 is 0 Å². The molecule has 0 saturated carbocycles. The van der Waals surface area contributed by atoms with E-state index in [-0.39, 0.29) is 0 Å². The molecule has 0 aliphatic carbocycles. The van der Waals surface area contributed by atoms with Crippen molar-refractivity contribution in [3.63, 3.8) is 0 Å². The molecule has 0 fully saturated rings. The molecule has 1 N–H and O–H groups in total. The van der Waals surface area contributed by atoms with E-state index < -0.39 is 0 Å². The van der Waals surface area contributed by atoms with Crippen LogP contribution in [0.25, 0.3) is 0 Å². The molecule has 82 valence electrons. The van der Waals surface area contributed by atoms with Gasteiger partial charge in [-0.05, 0) is 42.1 Å². The van der Waals surface area contributed by atoms with E-state index in [4.69, 9.17) is 23.2 Å². The Morgan fingerprint density at radius 1 is 1.33 bits per heavy atom. The van der Waals surface area contributed by atoms with E-state index in [0.717, 1.165) is 23.0 Å². The molecule has 0 spiro atoms. The predicted molar refractivity (Wildman–Crippen MR) is 65.7 cm³/mol. The van der Waals surface area contributed by atoms with Crippen molar-refractivity contribution in [2.45, 2.75) is 26.3 Å². The zero-order chi connectivity index (χ0) is 11.0. The van der Waals surface area contributed by atoms with Crippen molar-refractivity contribution in [2.24, 2.45) is 5.92 Å². The summed E-state index contributed by atoms with van der Waals surface area (Å²) in [7, 11) is 0. The Balaban J connectivity index is 2.51. The summed E-state index contributed by atoms with van der Waals surface area (Å²) < 4.78 is 0. The molecule has 0 radical (unpaired) electrons. The van der Waals surface area contributed by atoms with E-state index in [9.17, 15) is 0 Å². The van der Waals surface area contributed by atoms with Crippen molar-refractivity contribution in [3.8, 4) is 0 Å². The van der Waals surface area contributed by atoms with Crippen molar-refractivity contribution in [1.82, 2.24) is 5.32 Å². The maximum absolute atomic E-state index is 6.26. The second-order valence-electron chi connectivity index (χ2n) is 4.39. The van der Waals surface area contributed by atoms with E-state index in [1.165, 1.54) is 11.1 Å². The number of benzene rings is 1. The van der Waals surface area contributed by atoms with Gasteiger partial charge in [0.15, 0.2) is 0 Å². The molecule has 1 aliphatic rings. The minimum atomic E-state index is 0.360. The van der Waals surface area contributed by atoms with E-state index in [0.29, 0.717) is 12.0 Å². The molecule has 2 rings (SSSR count). The smallest absolute Gasteiger partial charge is 0.0471 e. The van der Waals surface area contributed by atoms with Crippen LogP contribution in [-0.4, -0.2) is 6.54 Å². The molecule has 1 aliphatic heterocycles. The summed E-state index contributed by atoms with van der Waals surface area (Å²) in [4.78, 5) is 0. The third-order valence-corrected chi connectivity index (χ3v) is 3.45. The molecule has 15 heavy (non-hydrogen) atoms. The third kappa shape index (κ3) is 2.15. The second kappa shape index (κ2) is 4.32. The summed E-state index contributed by atoms with van der Waals surface area (Å²) in [5.41, 5.74) is 2.53. The quantitative estimate of drug-likeness (QED) is 0.791. The fourth-order valence-corrected chi connectivity index (χ4v) is 2.88. The van der Waals surface area contributed by atoms with E-state index >= 15 is 0 Å². The topological polar surface area (TPSA) is 12.0 Å². The number of hydrogen-bond acceptors (Lipinski definition) is 1. The monoisotopic (exact) mass is 243 g/mol. The van der Waals surface area contributed by atoms with Gasteiger partial charge in [-0.15, -0.1) is 0 Å². The molecule has 0 amide bonds. The first kappa shape index (κ1) is 11.3. The highest BCUT2D eigenvalue weighted by atomic mass is 35.5. The molecule has 0 saturated heterocycles. The fourth-order valence-electron chi connectivity index (χ4n) is 2.23. The van der Waals surface area contributed by atoms with Crippen molar-refractivity contribution in [3.05, 3.63) is 33.3 Å². The highest BCUT2D eigenvalue weighted by Gasteiger charge is 2.25. The van der Waals surface area contributed by atoms with Crippen molar-refractivity contribution in [2.75, 3.05) is 6.54 Å². The summed E-state index contributed by atoms with van der Waals surface area (Å²) >= 11 is 12.3. The minimum absolute atomic E-state index is 0.360. The van der Waals surface area contributed by atoms with Gasteiger partial charge in [0, 0.05) is 16.1 Å². The first-order valence-electron chi connectivity index (χ1n) is 5.31. The summed E-state index contributed by atoms with van der Waals surface area (Å²) in [5.74, 6) is 0.544. The minimum Gasteiger partial charge on any atom is -0.309 e. The van der Waals surface area contributed by atoms with Crippen molar-refractivity contribution < 1.29 is 0 Å². The van der Waals surface area contributed by atoms with Crippen LogP contribution in [0.4, 0.5) is 0 Å². The molecule has 0 bridgehead atoms. The van der Waals surface area contributed by atoms with E-state index in [1.54, 1.807) is 0 Å². The van der Waals surface area contributed by atoms with Gasteiger partial charge in [-0.3, -0.25) is 0 Å². The van der Waals surface area contributed by atoms with Crippen LogP contribution in [0.2, 0.25) is 10.0 Å². The lowest BCUT2D eigenvalue weighted by Gasteiger charge is -2.31. The molecule has 1 heterocycles. The Morgan fingerprint density at radius 3 is 2.73 bits per heavy atom. The average Bonchev–Trinajstić information content (AvgIpc) is 2.16. The molecule has 3 heteroatoms. The lowest BCUT2D eigenvalue weighted by molar-refractivity contribution is 0.395. The van der Waals surface area contributed by atoms with Gasteiger partial charge < -0.3 is 5.32 Å². The molecule has 1 unspecified atom stereocenters. The Hall–Kier alpha value is -0.240. The van der Waals surface area contributed by atoms with Gasteiger partial charge in [-0.1, -0.05) is 37.0 Å². The largest absolute Gasteiger partial charge is 0.309 e. The van der Waals surface area contributed by atoms with Crippen LogP contribution in [0.15, 0.2) is 12.1 Å². The first-order chi connectivity index (χ1) is 7.09. The maximum atomic E-state index is 6.26. The normalized spacial score (nSPS) is 20.5. The van der Waals surface area contributed by atoms with Gasteiger partial charge in [0.05, 0.1) is 0 Å². The number of hydrogen-bond donors (Lipinski definition) is 1. The number of halogens is 2. The fraction of sp³-hybridized carbons (Fsp3) is 0.500. The van der Waals surface area contributed by atoms with Crippen LogP contribution in [0, 0.1) is 5.92 Å². The van der Waals surface area contributed by atoms with Crippen LogP contribution >= 0.6 is 23.2 Å². The molecule has 1 atom stereocenters. The maximum Gasteiger partial charge on any atom is 0.0471 e. The van der Waals surface area contributed by atoms with Gasteiger partial charge in [-0.25, -0.2) is 0 Å². The predicted octanol–water partition coefficient (Wildman–Crippen LogP) is 3.84. The number of rotatable bonds is 1.